The van der Waals surface area contributed by atoms with Crippen molar-refractivity contribution in [3.05, 3.63) is 95.3 Å². The lowest BCUT2D eigenvalue weighted by molar-refractivity contribution is -0.130. The number of nitrogens with zero attached hydrogens (tertiary/aromatic N) is 1. The van der Waals surface area contributed by atoms with Crippen molar-refractivity contribution in [2.45, 2.75) is 30.3 Å². The Bertz CT molecular complexity index is 1210. The molecule has 5 rings (SSSR count). The van der Waals surface area contributed by atoms with Crippen molar-refractivity contribution in [2.75, 3.05) is 20.9 Å². The standard InChI is InChI=1S/C28H28FN3O4/c1-35-23-12-6-20(7-13-23)28(21-8-14-24(36-2)15-9-21)25(33)32(26(34)31-28)18-30-27(16-3-17-27)19-4-10-22(29)11-5-19/h4-15,30H,3,16-18H2,1-2H3,(H,31,34). The zero-order valence-electron chi connectivity index (χ0n) is 20.2. The van der Waals surface area contributed by atoms with Gasteiger partial charge in [0.05, 0.1) is 20.9 Å². The number of halogens is 1. The van der Waals surface area contributed by atoms with E-state index < -0.39 is 17.1 Å². The van der Waals surface area contributed by atoms with E-state index in [1.54, 1.807) is 74.9 Å². The van der Waals surface area contributed by atoms with E-state index in [0.717, 1.165) is 24.8 Å². The maximum absolute atomic E-state index is 14.0. The van der Waals surface area contributed by atoms with Gasteiger partial charge in [-0.2, -0.15) is 0 Å². The van der Waals surface area contributed by atoms with Crippen molar-refractivity contribution in [3.8, 4) is 11.5 Å². The molecular weight excluding hydrogens is 461 g/mol. The largest absolute Gasteiger partial charge is 0.497 e. The molecule has 3 aromatic rings. The smallest absolute Gasteiger partial charge is 0.326 e. The minimum absolute atomic E-state index is 0.0239. The van der Waals surface area contributed by atoms with Gasteiger partial charge >= 0.3 is 6.03 Å². The second-order valence-electron chi connectivity index (χ2n) is 9.15. The molecule has 0 bridgehead atoms. The number of hydrogen-bond donors (Lipinski definition) is 2. The maximum Gasteiger partial charge on any atom is 0.326 e. The Morgan fingerprint density at radius 3 is 1.78 bits per heavy atom. The lowest BCUT2D eigenvalue weighted by atomic mass is 9.72. The van der Waals surface area contributed by atoms with Crippen LogP contribution < -0.4 is 20.1 Å². The van der Waals surface area contributed by atoms with Gasteiger partial charge in [-0.3, -0.25) is 10.1 Å². The molecular formula is C28H28FN3O4. The quantitative estimate of drug-likeness (QED) is 0.462. The first kappa shape index (κ1) is 23.8. The number of benzene rings is 3. The Morgan fingerprint density at radius 2 is 1.33 bits per heavy atom. The summed E-state index contributed by atoms with van der Waals surface area (Å²) in [5.74, 6) is 0.602. The number of ether oxygens (including phenoxy) is 2. The third-order valence-electron chi connectivity index (χ3n) is 7.33. The van der Waals surface area contributed by atoms with Crippen LogP contribution in [0.1, 0.15) is 36.0 Å². The van der Waals surface area contributed by atoms with Crippen LogP contribution in [0.25, 0.3) is 0 Å². The molecule has 1 saturated heterocycles. The molecule has 1 aliphatic heterocycles. The van der Waals surface area contributed by atoms with Gasteiger partial charge in [-0.05, 0) is 72.4 Å². The van der Waals surface area contributed by atoms with Crippen LogP contribution in [0.5, 0.6) is 11.5 Å². The van der Waals surface area contributed by atoms with Gasteiger partial charge in [-0.25, -0.2) is 14.1 Å². The molecule has 186 valence electrons. The minimum atomic E-state index is -1.40. The highest BCUT2D eigenvalue weighted by molar-refractivity contribution is 6.09. The fourth-order valence-electron chi connectivity index (χ4n) is 5.06. The topological polar surface area (TPSA) is 79.9 Å². The summed E-state index contributed by atoms with van der Waals surface area (Å²) in [6.07, 6.45) is 2.68. The molecule has 2 fully saturated rings. The summed E-state index contributed by atoms with van der Waals surface area (Å²) in [6, 6.07) is 20.1. The second-order valence-corrected chi connectivity index (χ2v) is 9.15. The van der Waals surface area contributed by atoms with E-state index in [-0.39, 0.29) is 18.4 Å². The van der Waals surface area contributed by atoms with Gasteiger partial charge < -0.3 is 14.8 Å². The van der Waals surface area contributed by atoms with Crippen LogP contribution in [-0.4, -0.2) is 37.7 Å². The second kappa shape index (κ2) is 9.28. The highest BCUT2D eigenvalue weighted by Gasteiger charge is 2.54. The van der Waals surface area contributed by atoms with E-state index in [4.69, 9.17) is 9.47 Å². The molecule has 36 heavy (non-hydrogen) atoms. The molecule has 1 saturated carbocycles. The van der Waals surface area contributed by atoms with Gasteiger partial charge in [0.15, 0.2) is 5.54 Å². The average molecular weight is 490 g/mol. The third-order valence-corrected chi connectivity index (χ3v) is 7.33. The Kier molecular flexibility index (Phi) is 6.14. The van der Waals surface area contributed by atoms with E-state index in [0.29, 0.717) is 22.6 Å². The first-order valence-electron chi connectivity index (χ1n) is 11.9. The molecule has 0 unspecified atom stereocenters. The zero-order chi connectivity index (χ0) is 25.3. The Labute approximate surface area is 209 Å². The normalized spacial score (nSPS) is 17.9. The molecule has 1 heterocycles. The van der Waals surface area contributed by atoms with Crippen LogP contribution in [0.15, 0.2) is 72.8 Å². The van der Waals surface area contributed by atoms with Gasteiger partial charge in [0.1, 0.15) is 17.3 Å². The van der Waals surface area contributed by atoms with E-state index >= 15 is 0 Å². The summed E-state index contributed by atoms with van der Waals surface area (Å²) in [4.78, 5) is 28.5. The monoisotopic (exact) mass is 489 g/mol. The molecule has 2 aliphatic rings. The van der Waals surface area contributed by atoms with Crippen molar-refractivity contribution in [3.63, 3.8) is 0 Å². The van der Waals surface area contributed by atoms with E-state index in [9.17, 15) is 14.0 Å². The van der Waals surface area contributed by atoms with Crippen LogP contribution >= 0.6 is 0 Å². The Hall–Kier alpha value is -3.91. The third kappa shape index (κ3) is 3.87. The first-order chi connectivity index (χ1) is 17.4. The fraction of sp³-hybridized carbons (Fsp3) is 0.286. The number of carbonyl (C=O) groups excluding carboxylic acids is 2. The average Bonchev–Trinajstić information content (AvgIpc) is 3.14. The predicted molar refractivity (Wildman–Crippen MR) is 132 cm³/mol. The van der Waals surface area contributed by atoms with Crippen molar-refractivity contribution in [1.29, 1.82) is 0 Å². The van der Waals surface area contributed by atoms with Gasteiger partial charge in [-0.1, -0.05) is 36.4 Å². The number of hydrogen-bond acceptors (Lipinski definition) is 5. The van der Waals surface area contributed by atoms with E-state index in [1.807, 2.05) is 0 Å². The summed E-state index contributed by atoms with van der Waals surface area (Å²) in [7, 11) is 3.14. The van der Waals surface area contributed by atoms with Gasteiger partial charge in [0.25, 0.3) is 5.91 Å². The van der Waals surface area contributed by atoms with Crippen molar-refractivity contribution < 1.29 is 23.5 Å². The number of carbonyl (C=O) groups is 2. The number of amides is 3. The van der Waals surface area contributed by atoms with E-state index in [2.05, 4.69) is 10.6 Å². The molecule has 0 spiro atoms. The molecule has 3 amide bonds. The molecule has 8 heteroatoms. The summed E-state index contributed by atoms with van der Waals surface area (Å²) >= 11 is 0. The van der Waals surface area contributed by atoms with Gasteiger partial charge in [-0.15, -0.1) is 0 Å². The van der Waals surface area contributed by atoms with Crippen molar-refractivity contribution in [2.24, 2.45) is 0 Å². The highest BCUT2D eigenvalue weighted by Crippen LogP contribution is 2.42. The fourth-order valence-corrected chi connectivity index (χ4v) is 5.06. The molecule has 7 nitrogen and oxygen atoms in total. The number of methoxy groups -OCH3 is 2. The molecule has 2 N–H and O–H groups in total. The lowest BCUT2D eigenvalue weighted by Gasteiger charge is -2.44. The number of imide groups is 1. The molecule has 1 aliphatic carbocycles. The van der Waals surface area contributed by atoms with Gasteiger partial charge in [0, 0.05) is 5.54 Å². The Morgan fingerprint density at radius 1 is 0.833 bits per heavy atom. The predicted octanol–water partition coefficient (Wildman–Crippen LogP) is 4.26. The van der Waals surface area contributed by atoms with Crippen LogP contribution in [-0.2, 0) is 15.9 Å². The number of rotatable bonds is 8. The molecule has 0 atom stereocenters. The van der Waals surface area contributed by atoms with Crippen LogP contribution in [0.2, 0.25) is 0 Å². The van der Waals surface area contributed by atoms with Crippen LogP contribution in [0.4, 0.5) is 9.18 Å². The van der Waals surface area contributed by atoms with E-state index in [1.165, 1.54) is 17.0 Å². The van der Waals surface area contributed by atoms with Crippen LogP contribution in [0.3, 0.4) is 0 Å². The van der Waals surface area contributed by atoms with Gasteiger partial charge in [0.2, 0.25) is 0 Å². The molecule has 3 aromatic carbocycles. The number of urea groups is 1. The first-order valence-corrected chi connectivity index (χ1v) is 11.9. The summed E-state index contributed by atoms with van der Waals surface area (Å²) in [6.45, 7) is 0.0239. The summed E-state index contributed by atoms with van der Waals surface area (Å²) in [5, 5.41) is 6.39. The summed E-state index contributed by atoms with van der Waals surface area (Å²) < 4.78 is 24.1. The van der Waals surface area contributed by atoms with Crippen molar-refractivity contribution >= 4 is 11.9 Å². The highest BCUT2D eigenvalue weighted by atomic mass is 19.1. The van der Waals surface area contributed by atoms with Crippen LogP contribution in [0, 0.1) is 5.82 Å². The zero-order valence-corrected chi connectivity index (χ0v) is 20.2. The van der Waals surface area contributed by atoms with Crippen molar-refractivity contribution in [1.82, 2.24) is 15.5 Å². The maximum atomic E-state index is 14.0. The summed E-state index contributed by atoms with van der Waals surface area (Å²) in [5.41, 5.74) is 0.371. The molecule has 0 radical (unpaired) electrons. The number of nitrogens with one attached hydrogen (secondary N) is 2. The lowest BCUT2D eigenvalue weighted by Crippen LogP contribution is -2.53. The Balaban J connectivity index is 1.47. The molecule has 0 aromatic heterocycles. The minimum Gasteiger partial charge on any atom is -0.497 e. The SMILES string of the molecule is COc1ccc(C2(c3ccc(OC)cc3)NC(=O)N(CNC3(c4ccc(F)cc4)CCC3)C2=O)cc1.